The Morgan fingerprint density at radius 2 is 1.72 bits per heavy atom. The first kappa shape index (κ1) is 52.8. The van der Waals surface area contributed by atoms with Crippen molar-refractivity contribution in [3.05, 3.63) is 99.4 Å². The number of hydrogen-bond acceptors (Lipinski definition) is 11. The Morgan fingerprint density at radius 1 is 1.01 bits per heavy atom. The molecule has 1 aliphatic carbocycles. The van der Waals surface area contributed by atoms with Crippen molar-refractivity contribution in [3.63, 3.8) is 0 Å². The van der Waals surface area contributed by atoms with Gasteiger partial charge in [-0.3, -0.25) is 19.2 Å². The SMILES string of the molecule is Cc1ncsc1-c1ccc(C(C)NC(=O)[C@@H]2C[C@@H](O)CN2C(=O)[C@@H](NC(=O)COCCCCCNc2ccc(C(=O)N[C@H]3C(C)(C)[C@H](Oc4ccc(C#N)c(Cl)c4)C3(C)C)cc2F)C(C)(C)C)cc1. The highest BCUT2D eigenvalue weighted by Crippen LogP contribution is 2.55. The zero-order valence-electron chi connectivity index (χ0n) is 40.9. The zero-order valence-corrected chi connectivity index (χ0v) is 42.4. The fraction of sp³-hybridized carbons (Fsp3) is 0.500. The summed E-state index contributed by atoms with van der Waals surface area (Å²) in [5, 5.41) is 32.1. The van der Waals surface area contributed by atoms with Gasteiger partial charge in [0.2, 0.25) is 17.7 Å². The molecule has 3 aromatic carbocycles. The highest BCUT2D eigenvalue weighted by atomic mass is 35.5. The normalized spacial score (nSPS) is 20.2. The van der Waals surface area contributed by atoms with E-state index in [1.54, 1.807) is 41.7 Å². The van der Waals surface area contributed by atoms with Crippen LogP contribution in [0.5, 0.6) is 5.75 Å². The Hall–Kier alpha value is -5.60. The van der Waals surface area contributed by atoms with Crippen LogP contribution in [0.4, 0.5) is 10.1 Å². The average molecular weight is 987 g/mol. The second kappa shape index (κ2) is 22.0. The van der Waals surface area contributed by atoms with Gasteiger partial charge in [0, 0.05) is 54.6 Å². The lowest BCUT2D eigenvalue weighted by molar-refractivity contribution is -0.164. The zero-order chi connectivity index (χ0) is 50.4. The molecule has 5 N–H and O–H groups in total. The summed E-state index contributed by atoms with van der Waals surface area (Å²) < 4.78 is 27.2. The fourth-order valence-corrected chi connectivity index (χ4v) is 10.7. The van der Waals surface area contributed by atoms with E-state index in [-0.39, 0.29) is 61.5 Å². The number of nitrogens with zero attached hydrogens (tertiary/aromatic N) is 3. The minimum Gasteiger partial charge on any atom is -0.489 e. The number of halogens is 2. The van der Waals surface area contributed by atoms with E-state index in [4.69, 9.17) is 21.1 Å². The molecule has 14 nitrogen and oxygen atoms in total. The molecule has 0 bridgehead atoms. The van der Waals surface area contributed by atoms with E-state index in [9.17, 15) is 29.5 Å². The molecule has 0 radical (unpaired) electrons. The number of thiazole rings is 1. The second-order valence-electron chi connectivity index (χ2n) is 20.4. The van der Waals surface area contributed by atoms with Crippen molar-refractivity contribution < 1.29 is 38.1 Å². The molecule has 2 heterocycles. The summed E-state index contributed by atoms with van der Waals surface area (Å²) in [6.07, 6.45) is 0.957. The summed E-state index contributed by atoms with van der Waals surface area (Å²) in [4.78, 5) is 60.9. The first-order chi connectivity index (χ1) is 32.5. The number of likely N-dealkylation sites (tertiary alicyclic amines) is 1. The molecular formula is C52H65ClFN7O7S. The van der Waals surface area contributed by atoms with Crippen LogP contribution in [0.15, 0.2) is 66.2 Å². The van der Waals surface area contributed by atoms with Crippen LogP contribution in [0.25, 0.3) is 10.4 Å². The van der Waals surface area contributed by atoms with Gasteiger partial charge in [0.05, 0.1) is 44.5 Å². The molecule has 2 fully saturated rings. The van der Waals surface area contributed by atoms with Crippen molar-refractivity contribution in [1.29, 1.82) is 5.26 Å². The minimum atomic E-state index is -0.984. The van der Waals surface area contributed by atoms with Crippen molar-refractivity contribution in [2.24, 2.45) is 16.2 Å². The van der Waals surface area contributed by atoms with Crippen LogP contribution in [0.1, 0.15) is 114 Å². The van der Waals surface area contributed by atoms with E-state index in [0.717, 1.165) is 28.1 Å². The van der Waals surface area contributed by atoms with Gasteiger partial charge in [0.1, 0.15) is 42.4 Å². The van der Waals surface area contributed by atoms with E-state index in [0.29, 0.717) is 35.7 Å². The lowest BCUT2D eigenvalue weighted by Gasteiger charge is -2.63. The Balaban J connectivity index is 0.901. The van der Waals surface area contributed by atoms with Gasteiger partial charge >= 0.3 is 0 Å². The van der Waals surface area contributed by atoms with E-state index in [2.05, 4.69) is 26.3 Å². The molecule has 17 heteroatoms. The molecule has 1 aliphatic heterocycles. The minimum absolute atomic E-state index is 0.0347. The number of hydrogen-bond donors (Lipinski definition) is 5. The molecule has 0 spiro atoms. The number of anilines is 1. The third kappa shape index (κ3) is 12.4. The molecule has 370 valence electrons. The largest absolute Gasteiger partial charge is 0.489 e. The van der Waals surface area contributed by atoms with Gasteiger partial charge in [-0.25, -0.2) is 9.37 Å². The number of unbranched alkanes of at least 4 members (excludes halogenated alkanes) is 2. The maximum Gasteiger partial charge on any atom is 0.251 e. The number of nitrogens with one attached hydrogen (secondary N) is 4. The number of ether oxygens (including phenoxy) is 2. The number of aliphatic hydroxyl groups excluding tert-OH is 1. The van der Waals surface area contributed by atoms with Crippen LogP contribution in [-0.4, -0.2) is 95.3 Å². The lowest BCUT2D eigenvalue weighted by Crippen LogP contribution is -2.74. The fourth-order valence-electron chi connectivity index (χ4n) is 9.72. The third-order valence-electron chi connectivity index (χ3n) is 13.2. The molecule has 6 rings (SSSR count). The quantitative estimate of drug-likeness (QED) is 0.0570. The summed E-state index contributed by atoms with van der Waals surface area (Å²) in [6.45, 7) is 17.8. The predicted octanol–water partition coefficient (Wildman–Crippen LogP) is 8.36. The van der Waals surface area contributed by atoms with Gasteiger partial charge in [-0.2, -0.15) is 5.26 Å². The Bertz CT molecular complexity index is 2520. The lowest BCUT2D eigenvalue weighted by atomic mass is 9.49. The van der Waals surface area contributed by atoms with Gasteiger partial charge in [-0.05, 0) is 80.0 Å². The van der Waals surface area contributed by atoms with Crippen LogP contribution in [-0.2, 0) is 19.1 Å². The average Bonchev–Trinajstić information content (AvgIpc) is 3.92. The van der Waals surface area contributed by atoms with E-state index in [1.807, 2.05) is 98.2 Å². The molecule has 2 aliphatic rings. The van der Waals surface area contributed by atoms with Crippen LogP contribution in [0.2, 0.25) is 5.02 Å². The number of β-amino-alcohol motifs (C(OH)–C–C–N with tert-alkyl or cyclic N) is 1. The van der Waals surface area contributed by atoms with Crippen LogP contribution in [0, 0.1) is 40.3 Å². The van der Waals surface area contributed by atoms with E-state index in [1.165, 1.54) is 11.0 Å². The Labute approximate surface area is 413 Å². The number of amides is 4. The molecule has 1 aromatic heterocycles. The molecule has 1 saturated heterocycles. The van der Waals surface area contributed by atoms with Crippen LogP contribution in [0.3, 0.4) is 0 Å². The van der Waals surface area contributed by atoms with Crippen molar-refractivity contribution in [3.8, 4) is 22.3 Å². The maximum atomic E-state index is 15.2. The second-order valence-corrected chi connectivity index (χ2v) is 21.7. The number of aryl methyl sites for hydroxylation is 1. The predicted molar refractivity (Wildman–Crippen MR) is 265 cm³/mol. The van der Waals surface area contributed by atoms with Crippen molar-refractivity contribution in [2.45, 2.75) is 124 Å². The molecule has 1 saturated carbocycles. The number of nitriles is 1. The molecule has 69 heavy (non-hydrogen) atoms. The summed E-state index contributed by atoms with van der Waals surface area (Å²) >= 11 is 7.79. The number of carbonyl (C=O) groups excluding carboxylic acids is 4. The topological polar surface area (TPSA) is 195 Å². The Kier molecular flexibility index (Phi) is 16.8. The summed E-state index contributed by atoms with van der Waals surface area (Å²) in [5.74, 6) is -1.74. The molecule has 1 unspecified atom stereocenters. The molecule has 4 amide bonds. The summed E-state index contributed by atoms with van der Waals surface area (Å²) in [5.41, 5.74) is 3.84. The molecule has 4 atom stereocenters. The van der Waals surface area contributed by atoms with Crippen molar-refractivity contribution in [1.82, 2.24) is 25.8 Å². The van der Waals surface area contributed by atoms with Crippen molar-refractivity contribution >= 4 is 52.3 Å². The summed E-state index contributed by atoms with van der Waals surface area (Å²) in [7, 11) is 0. The molecule has 4 aromatic rings. The Morgan fingerprint density at radius 3 is 2.35 bits per heavy atom. The van der Waals surface area contributed by atoms with Gasteiger partial charge in [0.25, 0.3) is 5.91 Å². The van der Waals surface area contributed by atoms with Crippen LogP contribution < -0.4 is 26.0 Å². The number of benzene rings is 3. The van der Waals surface area contributed by atoms with Gasteiger partial charge in [-0.15, -0.1) is 11.3 Å². The standard InChI is InChI=1S/C52H65ClFN7O7S/c1-30(32-13-15-33(16-14-32)43-31(2)57-29-69-43)58-46(65)41-24-36(62)27-61(41)47(66)44(50(3,4)5)59-42(63)28-67-22-12-10-11-21-56-40-20-18-34(23-39(40)54)45(64)60-48-51(6,7)49(52(48,8)9)68-37-19-17-35(26-55)38(53)25-37/h13-20,23,25,29-30,36,41,44,48-49,56,62H,10-12,21-22,24,27-28H2,1-9H3,(H,58,65)(H,59,63)(H,60,64)/t30?,36-,41+,44-,48-,49-/m1/s1. The smallest absolute Gasteiger partial charge is 0.251 e. The van der Waals surface area contributed by atoms with Gasteiger partial charge in [-0.1, -0.05) is 84.3 Å². The van der Waals surface area contributed by atoms with Gasteiger partial charge in [0.15, 0.2) is 0 Å². The van der Waals surface area contributed by atoms with E-state index >= 15 is 4.39 Å². The number of carbonyl (C=O) groups is 4. The van der Waals surface area contributed by atoms with Gasteiger partial charge < -0.3 is 40.7 Å². The summed E-state index contributed by atoms with van der Waals surface area (Å²) in [6, 6.07) is 16.7. The highest BCUT2D eigenvalue weighted by molar-refractivity contribution is 7.13. The number of rotatable bonds is 19. The first-order valence-electron chi connectivity index (χ1n) is 23.4. The van der Waals surface area contributed by atoms with Crippen LogP contribution >= 0.6 is 22.9 Å². The monoisotopic (exact) mass is 985 g/mol. The maximum absolute atomic E-state index is 15.2. The third-order valence-corrected chi connectivity index (χ3v) is 14.5. The number of aromatic nitrogens is 1. The van der Waals surface area contributed by atoms with Crippen molar-refractivity contribution in [2.75, 3.05) is 31.6 Å². The molecular weight excluding hydrogens is 921 g/mol. The number of aliphatic hydroxyl groups is 1. The first-order valence-corrected chi connectivity index (χ1v) is 24.7. The highest BCUT2D eigenvalue weighted by Gasteiger charge is 2.64. The van der Waals surface area contributed by atoms with E-state index < -0.39 is 58.0 Å².